The van der Waals surface area contributed by atoms with E-state index in [-0.39, 0.29) is 0 Å². The topological polar surface area (TPSA) is 0 Å². The Hall–Kier alpha value is -3.12. The number of rotatable bonds is 6. The van der Waals surface area contributed by atoms with Gasteiger partial charge < -0.3 is 0 Å². The lowest BCUT2D eigenvalue weighted by Crippen LogP contribution is -1.91. The highest BCUT2D eigenvalue weighted by Crippen LogP contribution is 2.29. The van der Waals surface area contributed by atoms with Crippen LogP contribution < -0.4 is 0 Å². The van der Waals surface area contributed by atoms with Gasteiger partial charge in [0.15, 0.2) is 0 Å². The van der Waals surface area contributed by atoms with Crippen LogP contribution in [0, 0.1) is 0 Å². The third kappa shape index (κ3) is 4.49. The van der Waals surface area contributed by atoms with Gasteiger partial charge in [0.25, 0.3) is 0 Å². The molecule has 0 atom stereocenters. The highest BCUT2D eigenvalue weighted by atomic mass is 14.1. The van der Waals surface area contributed by atoms with Crippen molar-refractivity contribution in [3.63, 3.8) is 0 Å². The Labute approximate surface area is 156 Å². The van der Waals surface area contributed by atoms with E-state index >= 15 is 0 Å². The minimum absolute atomic E-state index is 0.919. The van der Waals surface area contributed by atoms with Crippen LogP contribution in [0.15, 0.2) is 115 Å². The average Bonchev–Trinajstić information content (AvgIpc) is 2.72. The molecule has 26 heavy (non-hydrogen) atoms. The molecular formula is C26H24. The molecule has 128 valence electrons. The molecular weight excluding hydrogens is 312 g/mol. The van der Waals surface area contributed by atoms with Gasteiger partial charge in [-0.1, -0.05) is 110 Å². The molecule has 0 saturated carbocycles. The molecule has 0 bridgehead atoms. The predicted octanol–water partition coefficient (Wildman–Crippen LogP) is 6.97. The summed E-state index contributed by atoms with van der Waals surface area (Å²) in [6.45, 7) is 6.50. The fourth-order valence-electron chi connectivity index (χ4n) is 3.00. The van der Waals surface area contributed by atoms with Crippen molar-refractivity contribution in [3.8, 4) is 0 Å². The molecule has 0 radical (unpaired) electrons. The van der Waals surface area contributed by atoms with Crippen LogP contribution in [0.1, 0.15) is 23.6 Å². The van der Waals surface area contributed by atoms with E-state index in [2.05, 4.69) is 111 Å². The summed E-state index contributed by atoms with van der Waals surface area (Å²) < 4.78 is 0. The Morgan fingerprint density at radius 1 is 0.731 bits per heavy atom. The molecule has 0 aliphatic carbocycles. The van der Waals surface area contributed by atoms with Gasteiger partial charge in [0.05, 0.1) is 0 Å². The van der Waals surface area contributed by atoms with E-state index in [0.29, 0.717) is 0 Å². The van der Waals surface area contributed by atoms with Crippen LogP contribution in [0.5, 0.6) is 0 Å². The van der Waals surface area contributed by atoms with E-state index in [1.807, 2.05) is 6.07 Å². The minimum Gasteiger partial charge on any atom is -0.0909 e. The average molecular weight is 336 g/mol. The normalized spacial score (nSPS) is 12.0. The smallest absolute Gasteiger partial charge is 0.00941 e. The van der Waals surface area contributed by atoms with Crippen molar-refractivity contribution in [2.24, 2.45) is 0 Å². The van der Waals surface area contributed by atoms with Gasteiger partial charge in [-0.05, 0) is 46.8 Å². The maximum Gasteiger partial charge on any atom is -0.00941 e. The summed E-state index contributed by atoms with van der Waals surface area (Å²) in [5, 5.41) is 0. The zero-order chi connectivity index (χ0) is 18.2. The van der Waals surface area contributed by atoms with Crippen LogP contribution in [-0.4, -0.2) is 0 Å². The molecule has 0 amide bonds. The fraction of sp³-hybridized carbons (Fsp3) is 0.0769. The third-order valence-corrected chi connectivity index (χ3v) is 4.54. The van der Waals surface area contributed by atoms with Crippen molar-refractivity contribution in [1.82, 2.24) is 0 Å². The first-order valence-corrected chi connectivity index (χ1v) is 8.97. The number of benzene rings is 3. The number of allylic oxidation sites excluding steroid dienone is 5. The minimum atomic E-state index is 0.919. The Bertz CT molecular complexity index is 898. The number of hydrogen-bond acceptors (Lipinski definition) is 0. The largest absolute Gasteiger partial charge is 0.0909 e. The lowest BCUT2D eigenvalue weighted by Gasteiger charge is -2.13. The van der Waals surface area contributed by atoms with Crippen LogP contribution in [0.25, 0.3) is 11.1 Å². The van der Waals surface area contributed by atoms with Crippen molar-refractivity contribution in [3.05, 3.63) is 132 Å². The van der Waals surface area contributed by atoms with Crippen molar-refractivity contribution in [2.75, 3.05) is 0 Å². The van der Waals surface area contributed by atoms with Gasteiger partial charge in [-0.15, -0.1) is 0 Å². The molecule has 0 heteroatoms. The molecule has 0 heterocycles. The Balaban J connectivity index is 1.94. The highest BCUT2D eigenvalue weighted by Gasteiger charge is 2.07. The second-order valence-electron chi connectivity index (χ2n) is 6.34. The molecule has 0 spiro atoms. The standard InChI is InChI=1S/C26H24/c1-21(24-16-8-4-9-17-24)22(2)26(25-18-10-5-11-19-25)20-12-15-23-13-6-3-7-14-23/h3-14,16-20H,1,15H2,2H3/b20-12-,26-22+. The van der Waals surface area contributed by atoms with Gasteiger partial charge in [-0.3, -0.25) is 0 Å². The van der Waals surface area contributed by atoms with E-state index in [1.165, 1.54) is 22.3 Å². The van der Waals surface area contributed by atoms with Crippen molar-refractivity contribution in [2.45, 2.75) is 13.3 Å². The Kier molecular flexibility index (Phi) is 6.01. The van der Waals surface area contributed by atoms with Crippen molar-refractivity contribution in [1.29, 1.82) is 0 Å². The fourth-order valence-corrected chi connectivity index (χ4v) is 3.00. The summed E-state index contributed by atoms with van der Waals surface area (Å²) in [6, 6.07) is 31.4. The first-order chi connectivity index (χ1) is 12.8. The van der Waals surface area contributed by atoms with Crippen LogP contribution >= 0.6 is 0 Å². The Morgan fingerprint density at radius 2 is 1.23 bits per heavy atom. The molecule has 0 unspecified atom stereocenters. The first kappa shape index (κ1) is 17.7. The summed E-state index contributed by atoms with van der Waals surface area (Å²) in [7, 11) is 0. The second-order valence-corrected chi connectivity index (χ2v) is 6.34. The predicted molar refractivity (Wildman–Crippen MR) is 114 cm³/mol. The SMILES string of the molecule is C=C(/C(C)=C(\C=C/Cc1ccccc1)c1ccccc1)c1ccccc1. The maximum atomic E-state index is 4.35. The quantitative estimate of drug-likeness (QED) is 0.426. The molecule has 0 aliphatic heterocycles. The molecule has 3 rings (SSSR count). The van der Waals surface area contributed by atoms with Gasteiger partial charge in [-0.2, -0.15) is 0 Å². The van der Waals surface area contributed by atoms with Crippen molar-refractivity contribution >= 4 is 11.1 Å². The van der Waals surface area contributed by atoms with Gasteiger partial charge in [0.1, 0.15) is 0 Å². The lowest BCUT2D eigenvalue weighted by molar-refractivity contribution is 1.27. The molecule has 0 fully saturated rings. The third-order valence-electron chi connectivity index (χ3n) is 4.54. The molecule has 3 aromatic carbocycles. The summed E-state index contributed by atoms with van der Waals surface area (Å²) in [6.07, 6.45) is 5.38. The van der Waals surface area contributed by atoms with E-state index in [9.17, 15) is 0 Å². The summed E-state index contributed by atoms with van der Waals surface area (Å²) in [4.78, 5) is 0. The molecule has 0 N–H and O–H groups in total. The Morgan fingerprint density at radius 3 is 1.81 bits per heavy atom. The summed E-state index contributed by atoms with van der Waals surface area (Å²) in [5.74, 6) is 0. The molecule has 3 aromatic rings. The zero-order valence-electron chi connectivity index (χ0n) is 15.2. The van der Waals surface area contributed by atoms with E-state index in [0.717, 1.165) is 17.6 Å². The van der Waals surface area contributed by atoms with Crippen LogP contribution in [-0.2, 0) is 6.42 Å². The first-order valence-electron chi connectivity index (χ1n) is 8.97. The van der Waals surface area contributed by atoms with Gasteiger partial charge >= 0.3 is 0 Å². The van der Waals surface area contributed by atoms with Crippen LogP contribution in [0.3, 0.4) is 0 Å². The summed E-state index contributed by atoms with van der Waals surface area (Å²) >= 11 is 0. The van der Waals surface area contributed by atoms with Crippen molar-refractivity contribution < 1.29 is 0 Å². The molecule has 0 saturated heterocycles. The van der Waals surface area contributed by atoms with E-state index in [1.54, 1.807) is 0 Å². The number of hydrogen-bond donors (Lipinski definition) is 0. The molecule has 0 aliphatic rings. The highest BCUT2D eigenvalue weighted by molar-refractivity contribution is 5.91. The lowest BCUT2D eigenvalue weighted by atomic mass is 9.92. The van der Waals surface area contributed by atoms with Gasteiger partial charge in [-0.25, -0.2) is 0 Å². The van der Waals surface area contributed by atoms with Gasteiger partial charge in [0.2, 0.25) is 0 Å². The van der Waals surface area contributed by atoms with Gasteiger partial charge in [0, 0.05) is 0 Å². The second kappa shape index (κ2) is 8.82. The maximum absolute atomic E-state index is 4.35. The van der Waals surface area contributed by atoms with E-state index in [4.69, 9.17) is 0 Å². The zero-order valence-corrected chi connectivity index (χ0v) is 15.2. The van der Waals surface area contributed by atoms with E-state index < -0.39 is 0 Å². The van der Waals surface area contributed by atoms with Crippen LogP contribution in [0.4, 0.5) is 0 Å². The molecule has 0 aromatic heterocycles. The van der Waals surface area contributed by atoms with Crippen LogP contribution in [0.2, 0.25) is 0 Å². The summed E-state index contributed by atoms with van der Waals surface area (Å²) in [5.41, 5.74) is 7.17. The molecule has 0 nitrogen and oxygen atoms in total. The monoisotopic (exact) mass is 336 g/mol.